The Morgan fingerprint density at radius 1 is 1.00 bits per heavy atom. The number of nitrogens with one attached hydrogen (secondary N) is 1. The van der Waals surface area contributed by atoms with Crippen molar-refractivity contribution >= 4 is 11.8 Å². The fourth-order valence-electron chi connectivity index (χ4n) is 3.24. The van der Waals surface area contributed by atoms with E-state index in [2.05, 4.69) is 5.32 Å². The summed E-state index contributed by atoms with van der Waals surface area (Å²) in [7, 11) is 0. The topological polar surface area (TPSA) is 49.4 Å². The Morgan fingerprint density at radius 3 is 2.38 bits per heavy atom. The van der Waals surface area contributed by atoms with Gasteiger partial charge in [0.1, 0.15) is 0 Å². The third kappa shape index (κ3) is 3.26. The van der Waals surface area contributed by atoms with Gasteiger partial charge in [-0.15, -0.1) is 0 Å². The zero-order valence-corrected chi connectivity index (χ0v) is 12.3. The number of carbonyl (C=O) groups excluding carboxylic acids is 2. The van der Waals surface area contributed by atoms with Crippen LogP contribution in [0, 0.1) is 0 Å². The van der Waals surface area contributed by atoms with E-state index in [1.165, 1.54) is 12.8 Å². The van der Waals surface area contributed by atoms with Crippen LogP contribution in [0.5, 0.6) is 0 Å². The molecule has 21 heavy (non-hydrogen) atoms. The minimum Gasteiger partial charge on any atom is -0.349 e. The maximum Gasteiger partial charge on any atom is 0.253 e. The molecule has 112 valence electrons. The second-order valence-corrected chi connectivity index (χ2v) is 6.03. The third-order valence-electron chi connectivity index (χ3n) is 4.46. The summed E-state index contributed by atoms with van der Waals surface area (Å²) in [6.45, 7) is 1.66. The zero-order chi connectivity index (χ0) is 14.7. The van der Waals surface area contributed by atoms with Gasteiger partial charge in [0.05, 0.1) is 0 Å². The maximum absolute atomic E-state index is 12.4. The summed E-state index contributed by atoms with van der Waals surface area (Å²) < 4.78 is 0. The van der Waals surface area contributed by atoms with Gasteiger partial charge in [-0.2, -0.15) is 0 Å². The van der Waals surface area contributed by atoms with Gasteiger partial charge in [-0.3, -0.25) is 9.59 Å². The Balaban J connectivity index is 1.69. The first-order valence-electron chi connectivity index (χ1n) is 7.94. The predicted octanol–water partition coefficient (Wildman–Crippen LogP) is 2.60. The Kier molecular flexibility index (Phi) is 4.23. The van der Waals surface area contributed by atoms with Crippen molar-refractivity contribution in [2.45, 2.75) is 44.6 Å². The zero-order valence-electron chi connectivity index (χ0n) is 12.3. The van der Waals surface area contributed by atoms with Crippen molar-refractivity contribution in [3.63, 3.8) is 0 Å². The van der Waals surface area contributed by atoms with E-state index in [0.29, 0.717) is 17.2 Å². The van der Waals surface area contributed by atoms with Crippen molar-refractivity contribution in [3.8, 4) is 0 Å². The summed E-state index contributed by atoms with van der Waals surface area (Å²) in [4.78, 5) is 26.5. The van der Waals surface area contributed by atoms with Crippen molar-refractivity contribution in [1.29, 1.82) is 0 Å². The number of amides is 2. The molecule has 0 atom stereocenters. The molecule has 1 aromatic rings. The molecule has 1 N–H and O–H groups in total. The van der Waals surface area contributed by atoms with Crippen molar-refractivity contribution in [2.75, 3.05) is 13.1 Å². The molecule has 2 fully saturated rings. The first-order chi connectivity index (χ1) is 10.2. The van der Waals surface area contributed by atoms with Crippen molar-refractivity contribution in [1.82, 2.24) is 10.2 Å². The summed E-state index contributed by atoms with van der Waals surface area (Å²) in [5.41, 5.74) is 1.21. The van der Waals surface area contributed by atoms with E-state index in [0.717, 1.165) is 38.8 Å². The highest BCUT2D eigenvalue weighted by Crippen LogP contribution is 2.19. The lowest BCUT2D eigenvalue weighted by atomic mass is 10.1. The predicted molar refractivity (Wildman–Crippen MR) is 81.3 cm³/mol. The molecular formula is C17H22N2O2. The molecule has 1 saturated heterocycles. The van der Waals surface area contributed by atoms with Crippen molar-refractivity contribution in [3.05, 3.63) is 35.4 Å². The molecule has 0 spiro atoms. The van der Waals surface area contributed by atoms with Crippen LogP contribution in [0.25, 0.3) is 0 Å². The number of benzene rings is 1. The van der Waals surface area contributed by atoms with Gasteiger partial charge in [-0.05, 0) is 43.9 Å². The van der Waals surface area contributed by atoms with Crippen LogP contribution in [0.4, 0.5) is 0 Å². The van der Waals surface area contributed by atoms with Crippen LogP contribution in [-0.4, -0.2) is 35.8 Å². The number of likely N-dealkylation sites (tertiary alicyclic amines) is 1. The van der Waals surface area contributed by atoms with Gasteiger partial charge in [0.15, 0.2) is 0 Å². The molecule has 0 bridgehead atoms. The van der Waals surface area contributed by atoms with Crippen LogP contribution in [0.2, 0.25) is 0 Å². The van der Waals surface area contributed by atoms with E-state index in [4.69, 9.17) is 0 Å². The summed E-state index contributed by atoms with van der Waals surface area (Å²) in [5.74, 6) is -0.0130. The van der Waals surface area contributed by atoms with E-state index in [1.807, 2.05) is 4.90 Å². The molecule has 2 aliphatic rings. The first-order valence-corrected chi connectivity index (χ1v) is 7.94. The number of carbonyl (C=O) groups is 2. The molecule has 2 amide bonds. The van der Waals surface area contributed by atoms with Gasteiger partial charge >= 0.3 is 0 Å². The van der Waals surface area contributed by atoms with Crippen LogP contribution in [-0.2, 0) is 0 Å². The summed E-state index contributed by atoms with van der Waals surface area (Å²) in [6, 6.07) is 7.41. The van der Waals surface area contributed by atoms with Gasteiger partial charge in [-0.1, -0.05) is 18.9 Å². The molecule has 1 saturated carbocycles. The Hall–Kier alpha value is -1.84. The average Bonchev–Trinajstić information content (AvgIpc) is 3.20. The normalized spacial score (nSPS) is 19.0. The highest BCUT2D eigenvalue weighted by molar-refractivity contribution is 5.99. The van der Waals surface area contributed by atoms with Gasteiger partial charge < -0.3 is 10.2 Å². The number of hydrogen-bond donors (Lipinski definition) is 1. The minimum absolute atomic E-state index is 0.0445. The van der Waals surface area contributed by atoms with Crippen molar-refractivity contribution < 1.29 is 9.59 Å². The molecule has 4 heteroatoms. The summed E-state index contributed by atoms with van der Waals surface area (Å²) >= 11 is 0. The maximum atomic E-state index is 12.4. The molecule has 0 aromatic heterocycles. The first kappa shape index (κ1) is 14.1. The third-order valence-corrected chi connectivity index (χ3v) is 4.46. The van der Waals surface area contributed by atoms with Crippen LogP contribution in [0.15, 0.2) is 24.3 Å². The average molecular weight is 286 g/mol. The van der Waals surface area contributed by atoms with Crippen LogP contribution in [0.3, 0.4) is 0 Å². The van der Waals surface area contributed by atoms with Gasteiger partial charge in [0, 0.05) is 30.3 Å². The lowest BCUT2D eigenvalue weighted by molar-refractivity contribution is 0.0793. The Labute approximate surface area is 125 Å². The molecule has 1 heterocycles. The van der Waals surface area contributed by atoms with E-state index in [9.17, 15) is 9.59 Å². The van der Waals surface area contributed by atoms with E-state index in [1.54, 1.807) is 24.3 Å². The molecular weight excluding hydrogens is 264 g/mol. The van der Waals surface area contributed by atoms with Crippen LogP contribution in [0.1, 0.15) is 59.2 Å². The molecule has 1 aliphatic heterocycles. The molecule has 1 aromatic carbocycles. The van der Waals surface area contributed by atoms with E-state index < -0.39 is 0 Å². The lowest BCUT2D eigenvalue weighted by Gasteiger charge is -2.16. The lowest BCUT2D eigenvalue weighted by Crippen LogP contribution is -2.33. The molecule has 4 nitrogen and oxygen atoms in total. The van der Waals surface area contributed by atoms with Gasteiger partial charge in [0.2, 0.25) is 0 Å². The fourth-order valence-corrected chi connectivity index (χ4v) is 3.24. The highest BCUT2D eigenvalue weighted by atomic mass is 16.2. The number of rotatable bonds is 3. The SMILES string of the molecule is O=C(NC1CCCC1)c1cccc(C(=O)N2CCCC2)c1. The molecule has 0 unspecified atom stereocenters. The quantitative estimate of drug-likeness (QED) is 0.928. The van der Waals surface area contributed by atoms with Gasteiger partial charge in [0.25, 0.3) is 11.8 Å². The second-order valence-electron chi connectivity index (χ2n) is 6.03. The van der Waals surface area contributed by atoms with E-state index in [-0.39, 0.29) is 11.8 Å². The number of hydrogen-bond acceptors (Lipinski definition) is 2. The summed E-state index contributed by atoms with van der Waals surface area (Å²) in [6.07, 6.45) is 6.67. The Bertz CT molecular complexity index is 529. The van der Waals surface area contributed by atoms with Crippen LogP contribution < -0.4 is 5.32 Å². The second kappa shape index (κ2) is 6.29. The minimum atomic E-state index is -0.0574. The fraction of sp³-hybridized carbons (Fsp3) is 0.529. The highest BCUT2D eigenvalue weighted by Gasteiger charge is 2.21. The van der Waals surface area contributed by atoms with E-state index >= 15 is 0 Å². The van der Waals surface area contributed by atoms with Gasteiger partial charge in [-0.25, -0.2) is 0 Å². The smallest absolute Gasteiger partial charge is 0.253 e. The number of nitrogens with zero attached hydrogens (tertiary/aromatic N) is 1. The molecule has 3 rings (SSSR count). The Morgan fingerprint density at radius 2 is 1.67 bits per heavy atom. The largest absolute Gasteiger partial charge is 0.349 e. The van der Waals surface area contributed by atoms with Crippen LogP contribution >= 0.6 is 0 Å². The molecule has 0 radical (unpaired) electrons. The summed E-state index contributed by atoms with van der Waals surface area (Å²) in [5, 5.41) is 3.07. The molecule has 1 aliphatic carbocycles. The standard InChI is InChI=1S/C17H22N2O2/c20-16(18-15-8-1-2-9-15)13-6-5-7-14(12-13)17(21)19-10-3-4-11-19/h5-7,12,15H,1-4,8-11H2,(H,18,20). The van der Waals surface area contributed by atoms with Crippen molar-refractivity contribution in [2.24, 2.45) is 0 Å². The monoisotopic (exact) mass is 286 g/mol.